The summed E-state index contributed by atoms with van der Waals surface area (Å²) in [5.41, 5.74) is 2.26. The lowest BCUT2D eigenvalue weighted by Gasteiger charge is -2.16. The van der Waals surface area contributed by atoms with Crippen LogP contribution in [0, 0.1) is 0 Å². The molecule has 0 aliphatic carbocycles. The van der Waals surface area contributed by atoms with Crippen molar-refractivity contribution >= 4 is 43.2 Å². The SMILES string of the molecule is C[C@H]1C(=O)Nc2ccc(S(=O)(=O)N(C)Cc3nc4ccccc4s3)cc21. The first kappa shape index (κ1) is 17.1. The summed E-state index contributed by atoms with van der Waals surface area (Å²) in [7, 11) is -2.13. The van der Waals surface area contributed by atoms with Crippen LogP contribution in [-0.4, -0.2) is 30.7 Å². The zero-order valence-electron chi connectivity index (χ0n) is 14.3. The van der Waals surface area contributed by atoms with Crippen LogP contribution in [0.4, 0.5) is 5.69 Å². The second kappa shape index (κ2) is 6.15. The smallest absolute Gasteiger partial charge is 0.243 e. The van der Waals surface area contributed by atoms with Crippen LogP contribution in [0.3, 0.4) is 0 Å². The lowest BCUT2D eigenvalue weighted by Crippen LogP contribution is -2.26. The van der Waals surface area contributed by atoms with E-state index in [9.17, 15) is 13.2 Å². The topological polar surface area (TPSA) is 79.4 Å². The Bertz CT molecular complexity index is 1090. The van der Waals surface area contributed by atoms with Crippen molar-refractivity contribution in [2.24, 2.45) is 0 Å². The summed E-state index contributed by atoms with van der Waals surface area (Å²) in [5.74, 6) is -0.466. The van der Waals surface area contributed by atoms with Crippen LogP contribution >= 0.6 is 11.3 Å². The van der Waals surface area contributed by atoms with Gasteiger partial charge in [0, 0.05) is 12.7 Å². The van der Waals surface area contributed by atoms with Gasteiger partial charge in [-0.05, 0) is 42.8 Å². The molecular weight excluding hydrogens is 370 g/mol. The van der Waals surface area contributed by atoms with Crippen LogP contribution in [0.1, 0.15) is 23.4 Å². The number of hydrogen-bond acceptors (Lipinski definition) is 5. The summed E-state index contributed by atoms with van der Waals surface area (Å²) < 4.78 is 28.2. The van der Waals surface area contributed by atoms with Crippen molar-refractivity contribution < 1.29 is 13.2 Å². The molecule has 0 spiro atoms. The second-order valence-electron chi connectivity index (χ2n) is 6.30. The molecule has 4 rings (SSSR count). The summed E-state index contributed by atoms with van der Waals surface area (Å²) in [4.78, 5) is 16.5. The molecule has 8 heteroatoms. The predicted octanol–water partition coefficient (Wildman–Crippen LogP) is 3.17. The third kappa shape index (κ3) is 2.80. The third-order valence-corrected chi connectivity index (χ3v) is 7.37. The monoisotopic (exact) mass is 387 g/mol. The van der Waals surface area contributed by atoms with E-state index < -0.39 is 10.0 Å². The number of anilines is 1. The van der Waals surface area contributed by atoms with Crippen molar-refractivity contribution in [3.63, 3.8) is 0 Å². The van der Waals surface area contributed by atoms with Gasteiger partial charge >= 0.3 is 0 Å². The highest BCUT2D eigenvalue weighted by atomic mass is 32.2. The van der Waals surface area contributed by atoms with Gasteiger partial charge in [-0.1, -0.05) is 12.1 Å². The Morgan fingerprint density at radius 2 is 2.00 bits per heavy atom. The average Bonchev–Trinajstić information content (AvgIpc) is 3.15. The van der Waals surface area contributed by atoms with E-state index in [2.05, 4.69) is 10.3 Å². The first-order valence-electron chi connectivity index (χ1n) is 8.12. The fourth-order valence-corrected chi connectivity index (χ4v) is 5.27. The minimum absolute atomic E-state index is 0.114. The van der Waals surface area contributed by atoms with Crippen LogP contribution in [0.15, 0.2) is 47.4 Å². The number of aromatic nitrogens is 1. The second-order valence-corrected chi connectivity index (χ2v) is 9.46. The van der Waals surface area contributed by atoms with E-state index in [1.807, 2.05) is 24.3 Å². The number of thiazole rings is 1. The molecule has 0 bridgehead atoms. The minimum Gasteiger partial charge on any atom is -0.325 e. The fourth-order valence-electron chi connectivity index (χ4n) is 3.00. The van der Waals surface area contributed by atoms with Gasteiger partial charge in [0.15, 0.2) is 0 Å². The summed E-state index contributed by atoms with van der Waals surface area (Å²) in [6.07, 6.45) is 0. The Morgan fingerprint density at radius 3 is 2.77 bits per heavy atom. The van der Waals surface area contributed by atoms with Gasteiger partial charge in [0.05, 0.1) is 27.6 Å². The van der Waals surface area contributed by atoms with E-state index in [-0.39, 0.29) is 23.3 Å². The first-order chi connectivity index (χ1) is 12.4. The quantitative estimate of drug-likeness (QED) is 0.746. The number of fused-ring (bicyclic) bond motifs is 2. The van der Waals surface area contributed by atoms with Crippen molar-refractivity contribution in [1.82, 2.24) is 9.29 Å². The van der Waals surface area contributed by atoms with Gasteiger partial charge < -0.3 is 5.32 Å². The molecule has 2 heterocycles. The van der Waals surface area contributed by atoms with E-state index in [0.717, 1.165) is 15.2 Å². The Hall–Kier alpha value is -2.29. The highest BCUT2D eigenvalue weighted by Gasteiger charge is 2.30. The van der Waals surface area contributed by atoms with Crippen molar-refractivity contribution in [2.45, 2.75) is 24.3 Å². The zero-order valence-corrected chi connectivity index (χ0v) is 15.9. The van der Waals surface area contributed by atoms with Gasteiger partial charge in [-0.15, -0.1) is 11.3 Å². The summed E-state index contributed by atoms with van der Waals surface area (Å²) in [5, 5.41) is 3.49. The molecule has 1 aliphatic rings. The summed E-state index contributed by atoms with van der Waals surface area (Å²) >= 11 is 1.49. The Balaban J connectivity index is 1.63. The van der Waals surface area contributed by atoms with Crippen molar-refractivity contribution in [3.05, 3.63) is 53.0 Å². The van der Waals surface area contributed by atoms with Crippen molar-refractivity contribution in [1.29, 1.82) is 0 Å². The van der Waals surface area contributed by atoms with E-state index in [4.69, 9.17) is 0 Å². The highest BCUT2D eigenvalue weighted by Crippen LogP contribution is 2.34. The lowest BCUT2D eigenvalue weighted by atomic mass is 10.0. The maximum absolute atomic E-state index is 12.9. The number of amides is 1. The number of rotatable bonds is 4. The number of para-hydroxylation sites is 1. The van der Waals surface area contributed by atoms with Crippen LogP contribution in [0.2, 0.25) is 0 Å². The number of nitrogens with one attached hydrogen (secondary N) is 1. The van der Waals surface area contributed by atoms with Crippen molar-refractivity contribution in [3.8, 4) is 0 Å². The molecule has 0 unspecified atom stereocenters. The molecule has 1 N–H and O–H groups in total. The third-order valence-electron chi connectivity index (χ3n) is 4.54. The van der Waals surface area contributed by atoms with E-state index in [1.54, 1.807) is 26.1 Å². The van der Waals surface area contributed by atoms with Crippen LogP contribution < -0.4 is 5.32 Å². The maximum Gasteiger partial charge on any atom is 0.243 e. The number of benzene rings is 2. The number of carbonyl (C=O) groups excluding carboxylic acids is 1. The molecule has 1 atom stereocenters. The van der Waals surface area contributed by atoms with E-state index in [0.29, 0.717) is 11.3 Å². The maximum atomic E-state index is 12.9. The molecule has 0 saturated heterocycles. The number of hydrogen-bond donors (Lipinski definition) is 1. The zero-order chi connectivity index (χ0) is 18.5. The van der Waals surface area contributed by atoms with Crippen LogP contribution in [-0.2, 0) is 21.4 Å². The standard InChI is InChI=1S/C18H17N3O3S2/c1-11-13-9-12(7-8-14(13)20-18(11)22)26(23,24)21(2)10-17-19-15-5-3-4-6-16(15)25-17/h3-9,11H,10H2,1-2H3,(H,20,22)/t11-/m1/s1. The molecule has 134 valence electrons. The number of sulfonamides is 1. The molecule has 6 nitrogen and oxygen atoms in total. The first-order valence-corrected chi connectivity index (χ1v) is 10.4. The van der Waals surface area contributed by atoms with Crippen LogP contribution in [0.5, 0.6) is 0 Å². The molecular formula is C18H17N3O3S2. The molecule has 1 amide bonds. The van der Waals surface area contributed by atoms with Gasteiger partial charge in [0.1, 0.15) is 5.01 Å². The molecule has 2 aromatic carbocycles. The normalized spacial score (nSPS) is 16.9. The molecule has 1 aromatic heterocycles. The average molecular weight is 387 g/mol. The summed E-state index contributed by atoms with van der Waals surface area (Å²) in [6.45, 7) is 1.97. The Morgan fingerprint density at radius 1 is 1.23 bits per heavy atom. The number of carbonyl (C=O) groups is 1. The van der Waals surface area contributed by atoms with Crippen LogP contribution in [0.25, 0.3) is 10.2 Å². The summed E-state index contributed by atoms with van der Waals surface area (Å²) in [6, 6.07) is 12.5. The Kier molecular flexibility index (Phi) is 4.06. The lowest BCUT2D eigenvalue weighted by molar-refractivity contribution is -0.116. The van der Waals surface area contributed by atoms with Gasteiger partial charge in [0.25, 0.3) is 0 Å². The molecule has 0 radical (unpaired) electrons. The minimum atomic E-state index is -3.68. The van der Waals surface area contributed by atoms with Gasteiger partial charge in [-0.2, -0.15) is 4.31 Å². The highest BCUT2D eigenvalue weighted by molar-refractivity contribution is 7.89. The molecule has 1 aliphatic heterocycles. The number of nitrogens with zero attached hydrogens (tertiary/aromatic N) is 2. The van der Waals surface area contributed by atoms with E-state index in [1.165, 1.54) is 21.7 Å². The fraction of sp³-hybridized carbons (Fsp3) is 0.222. The molecule has 26 heavy (non-hydrogen) atoms. The largest absolute Gasteiger partial charge is 0.325 e. The van der Waals surface area contributed by atoms with E-state index >= 15 is 0 Å². The van der Waals surface area contributed by atoms with Gasteiger partial charge in [0.2, 0.25) is 15.9 Å². The molecule has 0 fully saturated rings. The Labute approximate surface area is 155 Å². The molecule has 3 aromatic rings. The molecule has 0 saturated carbocycles. The van der Waals surface area contributed by atoms with Gasteiger partial charge in [-0.3, -0.25) is 4.79 Å². The van der Waals surface area contributed by atoms with Crippen molar-refractivity contribution in [2.75, 3.05) is 12.4 Å². The predicted molar refractivity (Wildman–Crippen MR) is 102 cm³/mol. The van der Waals surface area contributed by atoms with Gasteiger partial charge in [-0.25, -0.2) is 13.4 Å².